The number of aromatic nitrogens is 1. The van der Waals surface area contributed by atoms with Crippen LogP contribution in [0.5, 0.6) is 0 Å². The summed E-state index contributed by atoms with van der Waals surface area (Å²) in [6.07, 6.45) is 7.56. The van der Waals surface area contributed by atoms with Crippen LogP contribution < -0.4 is 0 Å². The van der Waals surface area contributed by atoms with E-state index in [4.69, 9.17) is 4.42 Å². The number of benzene rings is 2. The molecule has 1 atom stereocenters. The molecule has 1 saturated heterocycles. The zero-order valence-electron chi connectivity index (χ0n) is 18.9. The molecule has 1 fully saturated rings. The molecule has 0 saturated carbocycles. The van der Waals surface area contributed by atoms with E-state index in [0.717, 1.165) is 31.7 Å². The van der Waals surface area contributed by atoms with Crippen LogP contribution in [0.15, 0.2) is 40.8 Å². The second kappa shape index (κ2) is 10.3. The molecule has 0 spiro atoms. The minimum absolute atomic E-state index is 0.143. The van der Waals surface area contributed by atoms with E-state index in [1.54, 1.807) is 18.2 Å². The molecule has 0 aliphatic carbocycles. The van der Waals surface area contributed by atoms with Crippen molar-refractivity contribution in [3.05, 3.63) is 53.9 Å². The average Bonchev–Trinajstić information content (AvgIpc) is 3.43. The number of hydrogen-bond acceptors (Lipinski definition) is 4. The molecular weight excluding hydrogens is 446 g/mol. The summed E-state index contributed by atoms with van der Waals surface area (Å²) in [4.78, 5) is 4.55. The molecule has 1 aliphatic rings. The molecule has 2 aromatic carbocycles. The standard InChI is InChI=1S/C25H30F2N2O3S/c1-2-3-4-5-6-7-15-33(30,31)29-14-8-9-23(29)25-28-22-16-18(10-13-24(22)32-25)20-12-11-19(26)17-21(20)27/h10-13,16-17,23H,2-9,14-15H2,1H3/t23-/m0/s1. The van der Waals surface area contributed by atoms with Crippen LogP contribution in [0.1, 0.15) is 70.2 Å². The molecule has 5 nitrogen and oxygen atoms in total. The summed E-state index contributed by atoms with van der Waals surface area (Å²) in [5.41, 5.74) is 1.86. The van der Waals surface area contributed by atoms with Gasteiger partial charge in [0.05, 0.1) is 5.75 Å². The van der Waals surface area contributed by atoms with Gasteiger partial charge in [0, 0.05) is 18.2 Å². The fourth-order valence-corrected chi connectivity index (χ4v) is 6.27. The molecule has 178 valence electrons. The van der Waals surface area contributed by atoms with Gasteiger partial charge in [0.2, 0.25) is 15.9 Å². The van der Waals surface area contributed by atoms with Gasteiger partial charge in [-0.1, -0.05) is 45.1 Å². The molecular formula is C25H30F2N2O3S. The highest BCUT2D eigenvalue weighted by Crippen LogP contribution is 2.36. The van der Waals surface area contributed by atoms with E-state index in [9.17, 15) is 17.2 Å². The van der Waals surface area contributed by atoms with Gasteiger partial charge in [0.25, 0.3) is 0 Å². The Bertz CT molecular complexity index is 1210. The van der Waals surface area contributed by atoms with E-state index in [2.05, 4.69) is 11.9 Å². The minimum Gasteiger partial charge on any atom is -0.439 e. The van der Waals surface area contributed by atoms with Gasteiger partial charge >= 0.3 is 0 Å². The van der Waals surface area contributed by atoms with Crippen molar-refractivity contribution in [1.29, 1.82) is 0 Å². The Morgan fingerprint density at radius 2 is 1.85 bits per heavy atom. The quantitative estimate of drug-likeness (QED) is 0.309. The zero-order valence-corrected chi connectivity index (χ0v) is 19.7. The first-order valence-electron chi connectivity index (χ1n) is 11.7. The van der Waals surface area contributed by atoms with Gasteiger partial charge in [-0.3, -0.25) is 0 Å². The van der Waals surface area contributed by atoms with Crippen molar-refractivity contribution < 1.29 is 21.6 Å². The van der Waals surface area contributed by atoms with E-state index < -0.39 is 27.7 Å². The number of fused-ring (bicyclic) bond motifs is 1. The second-order valence-corrected chi connectivity index (χ2v) is 10.8. The maximum absolute atomic E-state index is 14.2. The lowest BCUT2D eigenvalue weighted by molar-refractivity contribution is 0.336. The van der Waals surface area contributed by atoms with Crippen LogP contribution in [0.2, 0.25) is 0 Å². The predicted molar refractivity (Wildman–Crippen MR) is 125 cm³/mol. The highest BCUT2D eigenvalue weighted by molar-refractivity contribution is 7.89. The molecule has 8 heteroatoms. The van der Waals surface area contributed by atoms with Crippen molar-refractivity contribution in [3.63, 3.8) is 0 Å². The average molecular weight is 477 g/mol. The Morgan fingerprint density at radius 3 is 2.64 bits per heavy atom. The predicted octanol–water partition coefficient (Wildman–Crippen LogP) is 6.60. The van der Waals surface area contributed by atoms with E-state index in [-0.39, 0.29) is 11.3 Å². The van der Waals surface area contributed by atoms with Crippen LogP contribution in [0, 0.1) is 11.6 Å². The van der Waals surface area contributed by atoms with Crippen LogP contribution in [0.4, 0.5) is 8.78 Å². The fraction of sp³-hybridized carbons (Fsp3) is 0.480. The molecule has 33 heavy (non-hydrogen) atoms. The highest BCUT2D eigenvalue weighted by atomic mass is 32.2. The Balaban J connectivity index is 1.50. The Hall–Kier alpha value is -2.32. The van der Waals surface area contributed by atoms with Gasteiger partial charge in [-0.2, -0.15) is 4.31 Å². The largest absolute Gasteiger partial charge is 0.439 e. The second-order valence-electron chi connectivity index (χ2n) is 8.71. The van der Waals surface area contributed by atoms with Crippen molar-refractivity contribution >= 4 is 21.1 Å². The van der Waals surface area contributed by atoms with Crippen LogP contribution in [-0.2, 0) is 10.0 Å². The summed E-state index contributed by atoms with van der Waals surface area (Å²) in [6.45, 7) is 2.62. The maximum atomic E-state index is 14.2. The van der Waals surface area contributed by atoms with Crippen molar-refractivity contribution in [2.45, 2.75) is 64.3 Å². The third-order valence-electron chi connectivity index (χ3n) is 6.25. The molecule has 1 aliphatic heterocycles. The summed E-state index contributed by atoms with van der Waals surface area (Å²) in [5.74, 6) is -0.778. The van der Waals surface area contributed by atoms with Crippen molar-refractivity contribution in [3.8, 4) is 11.1 Å². The van der Waals surface area contributed by atoms with Crippen LogP contribution >= 0.6 is 0 Å². The number of sulfonamides is 1. The van der Waals surface area contributed by atoms with Gasteiger partial charge in [-0.25, -0.2) is 22.2 Å². The van der Waals surface area contributed by atoms with Crippen molar-refractivity contribution in [1.82, 2.24) is 9.29 Å². The SMILES string of the molecule is CCCCCCCCS(=O)(=O)N1CCC[C@H]1c1nc2cc(-c3ccc(F)cc3F)ccc2o1. The third-order valence-corrected chi connectivity index (χ3v) is 8.20. The van der Waals surface area contributed by atoms with Crippen LogP contribution in [0.3, 0.4) is 0 Å². The lowest BCUT2D eigenvalue weighted by Crippen LogP contribution is -2.32. The Labute approximate surface area is 193 Å². The molecule has 0 amide bonds. The Kier molecular flexibility index (Phi) is 7.44. The molecule has 2 heterocycles. The van der Waals surface area contributed by atoms with Crippen LogP contribution in [-0.4, -0.2) is 30.0 Å². The number of rotatable bonds is 10. The van der Waals surface area contributed by atoms with Gasteiger partial charge in [-0.05, 0) is 49.1 Å². The minimum atomic E-state index is -3.40. The van der Waals surface area contributed by atoms with E-state index in [0.29, 0.717) is 41.9 Å². The van der Waals surface area contributed by atoms with Crippen molar-refractivity contribution in [2.75, 3.05) is 12.3 Å². The van der Waals surface area contributed by atoms with Gasteiger partial charge < -0.3 is 4.42 Å². The first kappa shape index (κ1) is 23.8. The number of hydrogen-bond donors (Lipinski definition) is 0. The maximum Gasteiger partial charge on any atom is 0.214 e. The smallest absolute Gasteiger partial charge is 0.214 e. The zero-order chi connectivity index (χ0) is 23.4. The van der Waals surface area contributed by atoms with Gasteiger partial charge in [0.1, 0.15) is 23.2 Å². The summed E-state index contributed by atoms with van der Waals surface area (Å²) in [7, 11) is -3.40. The third kappa shape index (κ3) is 5.44. The van der Waals surface area contributed by atoms with E-state index in [1.807, 2.05) is 0 Å². The summed E-state index contributed by atoms with van der Waals surface area (Å²) in [6, 6.07) is 8.08. The molecule has 0 N–H and O–H groups in total. The number of halogens is 2. The van der Waals surface area contributed by atoms with Gasteiger partial charge in [-0.15, -0.1) is 0 Å². The summed E-state index contributed by atoms with van der Waals surface area (Å²) in [5, 5.41) is 0. The molecule has 0 unspecified atom stereocenters. The van der Waals surface area contributed by atoms with Crippen LogP contribution in [0.25, 0.3) is 22.2 Å². The molecule has 3 aromatic rings. The normalized spacial score (nSPS) is 17.2. The highest BCUT2D eigenvalue weighted by Gasteiger charge is 2.37. The summed E-state index contributed by atoms with van der Waals surface area (Å²) >= 11 is 0. The number of unbranched alkanes of at least 4 members (excludes halogenated alkanes) is 5. The molecule has 0 radical (unpaired) electrons. The lowest BCUT2D eigenvalue weighted by atomic mass is 10.0. The number of nitrogens with zero attached hydrogens (tertiary/aromatic N) is 2. The summed E-state index contributed by atoms with van der Waals surface area (Å²) < 4.78 is 60.9. The van der Waals surface area contributed by atoms with Crippen molar-refractivity contribution in [2.24, 2.45) is 0 Å². The van der Waals surface area contributed by atoms with Gasteiger partial charge in [0.15, 0.2) is 5.58 Å². The molecule has 4 rings (SSSR count). The van der Waals surface area contributed by atoms with E-state index >= 15 is 0 Å². The number of oxazole rings is 1. The Morgan fingerprint density at radius 1 is 1.06 bits per heavy atom. The lowest BCUT2D eigenvalue weighted by Gasteiger charge is -2.21. The first-order valence-corrected chi connectivity index (χ1v) is 13.4. The monoisotopic (exact) mass is 476 g/mol. The first-order chi connectivity index (χ1) is 15.9. The topological polar surface area (TPSA) is 63.4 Å². The molecule has 0 bridgehead atoms. The van der Waals surface area contributed by atoms with E-state index in [1.165, 1.54) is 29.3 Å². The fourth-order valence-electron chi connectivity index (χ4n) is 4.48. The molecule has 1 aromatic heterocycles.